The van der Waals surface area contributed by atoms with Crippen molar-refractivity contribution in [1.29, 1.82) is 0 Å². The summed E-state index contributed by atoms with van der Waals surface area (Å²) < 4.78 is 25.0. The lowest BCUT2D eigenvalue weighted by molar-refractivity contribution is -0.146. The summed E-state index contributed by atoms with van der Waals surface area (Å²) in [5.74, 6) is 0.878. The average molecular weight is 485 g/mol. The Bertz CT molecular complexity index is 1300. The molecular weight excluding hydrogens is 455 g/mol. The number of alkyl halides is 1. The Kier molecular flexibility index (Phi) is 7.74. The van der Waals surface area contributed by atoms with Crippen LogP contribution in [0.4, 0.5) is 4.39 Å². The van der Waals surface area contributed by atoms with E-state index in [2.05, 4.69) is 16.9 Å². The van der Waals surface area contributed by atoms with Gasteiger partial charge in [0.15, 0.2) is 5.82 Å². The van der Waals surface area contributed by atoms with E-state index in [0.717, 1.165) is 40.0 Å². The van der Waals surface area contributed by atoms with Gasteiger partial charge in [0, 0.05) is 23.5 Å². The van der Waals surface area contributed by atoms with E-state index in [-0.39, 0.29) is 6.42 Å². The Morgan fingerprint density at radius 1 is 0.806 bits per heavy atom. The third-order valence-corrected chi connectivity index (χ3v) is 5.94. The molecule has 0 radical (unpaired) electrons. The number of benzene rings is 3. The van der Waals surface area contributed by atoms with Crippen LogP contribution in [0.15, 0.2) is 85.2 Å². The van der Waals surface area contributed by atoms with Crippen molar-refractivity contribution in [3.63, 3.8) is 0 Å². The second kappa shape index (κ2) is 11.1. The molecule has 184 valence electrons. The molecule has 5 nitrogen and oxygen atoms in total. The van der Waals surface area contributed by atoms with Gasteiger partial charge in [0.1, 0.15) is 11.5 Å². The minimum Gasteiger partial charge on any atom is -0.494 e. The summed E-state index contributed by atoms with van der Waals surface area (Å²) in [5, 5.41) is 0. The number of hydrogen-bond donors (Lipinski definition) is 0. The molecule has 1 heterocycles. The van der Waals surface area contributed by atoms with E-state index in [0.29, 0.717) is 18.2 Å². The third-order valence-electron chi connectivity index (χ3n) is 5.94. The lowest BCUT2D eigenvalue weighted by atomic mass is 9.96. The number of carbonyl (C=O) groups is 1. The highest BCUT2D eigenvalue weighted by Crippen LogP contribution is 2.33. The lowest BCUT2D eigenvalue weighted by Gasteiger charge is -2.16. The predicted octanol–water partition coefficient (Wildman–Crippen LogP) is 7.31. The highest BCUT2D eigenvalue weighted by molar-refractivity contribution is 5.84. The fourth-order valence-corrected chi connectivity index (χ4v) is 3.58. The smallest absolute Gasteiger partial charge is 0.348 e. The molecule has 0 N–H and O–H groups in total. The molecule has 0 spiro atoms. The maximum absolute atomic E-state index is 14.2. The van der Waals surface area contributed by atoms with Crippen LogP contribution in [-0.4, -0.2) is 28.2 Å². The molecule has 0 aliphatic rings. The van der Waals surface area contributed by atoms with Crippen molar-refractivity contribution in [2.24, 2.45) is 0 Å². The summed E-state index contributed by atoms with van der Waals surface area (Å²) in [6.45, 7) is 5.60. The molecule has 3 aromatic carbocycles. The molecule has 0 amide bonds. The maximum atomic E-state index is 14.2. The summed E-state index contributed by atoms with van der Waals surface area (Å²) in [7, 11) is 0. The zero-order valence-electron chi connectivity index (χ0n) is 20.7. The van der Waals surface area contributed by atoms with E-state index in [1.165, 1.54) is 6.92 Å². The van der Waals surface area contributed by atoms with Crippen LogP contribution in [0.25, 0.3) is 33.6 Å². The Morgan fingerprint density at radius 3 is 1.94 bits per heavy atom. The van der Waals surface area contributed by atoms with Crippen molar-refractivity contribution in [1.82, 2.24) is 9.97 Å². The highest BCUT2D eigenvalue weighted by Gasteiger charge is 2.33. The lowest BCUT2D eigenvalue weighted by Crippen LogP contribution is -2.33. The van der Waals surface area contributed by atoms with E-state index < -0.39 is 11.6 Å². The minimum absolute atomic E-state index is 0.0524. The van der Waals surface area contributed by atoms with Crippen LogP contribution >= 0.6 is 0 Å². The first-order chi connectivity index (χ1) is 17.4. The normalized spacial score (nSPS) is 12.6. The summed E-state index contributed by atoms with van der Waals surface area (Å²) >= 11 is 0. The summed E-state index contributed by atoms with van der Waals surface area (Å²) in [6, 6.07) is 22.7. The maximum Gasteiger partial charge on any atom is 0.348 e. The second-order valence-electron chi connectivity index (χ2n) is 8.68. The van der Waals surface area contributed by atoms with Gasteiger partial charge in [-0.3, -0.25) is 0 Å². The van der Waals surface area contributed by atoms with E-state index >= 15 is 0 Å². The third kappa shape index (κ3) is 5.77. The molecule has 0 aliphatic heterocycles. The van der Waals surface area contributed by atoms with Gasteiger partial charge in [0.2, 0.25) is 5.67 Å². The fraction of sp³-hybridized carbons (Fsp3) is 0.233. The molecule has 1 aromatic heterocycles. The van der Waals surface area contributed by atoms with Crippen LogP contribution in [0.1, 0.15) is 33.6 Å². The molecule has 4 rings (SSSR count). The van der Waals surface area contributed by atoms with Crippen molar-refractivity contribution in [3.05, 3.63) is 85.2 Å². The van der Waals surface area contributed by atoms with Crippen molar-refractivity contribution < 1.29 is 18.7 Å². The van der Waals surface area contributed by atoms with Crippen LogP contribution in [-0.2, 0) is 4.79 Å². The SMILES string of the molecule is CCCOc1ccc(-c2ncc(-c3ccccc3-c3ccc(OC(=O)C(C)(F)CC)cc3)cn2)cc1. The van der Waals surface area contributed by atoms with Crippen molar-refractivity contribution in [2.75, 3.05) is 6.61 Å². The number of esters is 1. The number of nitrogens with zero attached hydrogens (tertiary/aromatic N) is 2. The molecule has 1 unspecified atom stereocenters. The summed E-state index contributed by atoms with van der Waals surface area (Å²) in [4.78, 5) is 21.2. The van der Waals surface area contributed by atoms with Gasteiger partial charge in [0.05, 0.1) is 6.61 Å². The standard InChI is InChI=1S/C30H29FN2O3/c1-4-18-35-24-14-12-22(13-15-24)28-32-19-23(20-33-28)27-9-7-6-8-26(27)21-10-16-25(17-11-21)36-29(34)30(3,31)5-2/h6-17,19-20H,4-5,18H2,1-3H3. The van der Waals surface area contributed by atoms with E-state index in [9.17, 15) is 9.18 Å². The number of aromatic nitrogens is 2. The Labute approximate surface area is 211 Å². The summed E-state index contributed by atoms with van der Waals surface area (Å²) in [5.41, 5.74) is 2.66. The molecule has 0 aliphatic carbocycles. The van der Waals surface area contributed by atoms with Gasteiger partial charge in [-0.05, 0) is 72.9 Å². The predicted molar refractivity (Wildman–Crippen MR) is 140 cm³/mol. The fourth-order valence-electron chi connectivity index (χ4n) is 3.58. The molecule has 0 saturated carbocycles. The Hall–Kier alpha value is -4.06. The number of hydrogen-bond acceptors (Lipinski definition) is 5. The van der Waals surface area contributed by atoms with Gasteiger partial charge < -0.3 is 9.47 Å². The first-order valence-corrected chi connectivity index (χ1v) is 12.1. The van der Waals surface area contributed by atoms with Gasteiger partial charge in [-0.25, -0.2) is 19.2 Å². The van der Waals surface area contributed by atoms with Gasteiger partial charge in [-0.2, -0.15) is 0 Å². The zero-order valence-corrected chi connectivity index (χ0v) is 20.7. The molecule has 1 atom stereocenters. The van der Waals surface area contributed by atoms with E-state index in [1.807, 2.05) is 73.1 Å². The first kappa shape index (κ1) is 25.0. The minimum atomic E-state index is -2.01. The molecule has 36 heavy (non-hydrogen) atoms. The van der Waals surface area contributed by atoms with Gasteiger partial charge in [0.25, 0.3) is 0 Å². The van der Waals surface area contributed by atoms with Crippen LogP contribution < -0.4 is 9.47 Å². The Balaban J connectivity index is 1.54. The second-order valence-corrected chi connectivity index (χ2v) is 8.68. The van der Waals surface area contributed by atoms with Crippen molar-refractivity contribution in [3.8, 4) is 45.1 Å². The number of ether oxygens (including phenoxy) is 2. The number of rotatable bonds is 9. The van der Waals surface area contributed by atoms with Gasteiger partial charge in [-0.15, -0.1) is 0 Å². The van der Waals surface area contributed by atoms with E-state index in [4.69, 9.17) is 9.47 Å². The van der Waals surface area contributed by atoms with Crippen LogP contribution in [0.5, 0.6) is 11.5 Å². The number of halogens is 1. The molecule has 4 aromatic rings. The quantitative estimate of drug-likeness (QED) is 0.184. The van der Waals surface area contributed by atoms with Crippen LogP contribution in [0.2, 0.25) is 0 Å². The monoisotopic (exact) mass is 484 g/mol. The van der Waals surface area contributed by atoms with Gasteiger partial charge >= 0.3 is 5.97 Å². The highest BCUT2D eigenvalue weighted by atomic mass is 19.1. The average Bonchev–Trinajstić information content (AvgIpc) is 2.92. The molecular formula is C30H29FN2O3. The molecule has 0 saturated heterocycles. The molecule has 0 bridgehead atoms. The number of carbonyl (C=O) groups excluding carboxylic acids is 1. The van der Waals surface area contributed by atoms with Crippen LogP contribution in [0.3, 0.4) is 0 Å². The van der Waals surface area contributed by atoms with Gasteiger partial charge in [-0.1, -0.05) is 50.2 Å². The topological polar surface area (TPSA) is 61.3 Å². The largest absolute Gasteiger partial charge is 0.494 e. The Morgan fingerprint density at radius 2 is 1.36 bits per heavy atom. The first-order valence-electron chi connectivity index (χ1n) is 12.1. The molecule has 6 heteroatoms. The molecule has 0 fully saturated rings. The van der Waals surface area contributed by atoms with E-state index in [1.54, 1.807) is 19.1 Å². The van der Waals surface area contributed by atoms with Crippen LogP contribution in [0, 0.1) is 0 Å². The summed E-state index contributed by atoms with van der Waals surface area (Å²) in [6.07, 6.45) is 4.64. The van der Waals surface area contributed by atoms with Crippen molar-refractivity contribution in [2.45, 2.75) is 39.3 Å². The van der Waals surface area contributed by atoms with Crippen molar-refractivity contribution >= 4 is 5.97 Å². The zero-order chi connectivity index (χ0) is 25.5.